The minimum absolute atomic E-state index is 0.0530. The molecule has 0 saturated heterocycles. The van der Waals surface area contributed by atoms with Gasteiger partial charge in [-0.05, 0) is 70.8 Å². The van der Waals surface area contributed by atoms with E-state index in [1.807, 2.05) is 35.0 Å². The van der Waals surface area contributed by atoms with Crippen molar-refractivity contribution in [2.75, 3.05) is 0 Å². The first-order valence-electron chi connectivity index (χ1n) is 13.2. The Bertz CT molecular complexity index is 1560. The molecule has 0 aliphatic rings. The van der Waals surface area contributed by atoms with Crippen molar-refractivity contribution in [3.8, 4) is 0 Å². The smallest absolute Gasteiger partial charge is 0.252 e. The number of hydrogen-bond donors (Lipinski definition) is 1. The van der Waals surface area contributed by atoms with Crippen molar-refractivity contribution < 1.29 is 0 Å². The Morgan fingerprint density at radius 3 is 2.34 bits per heavy atom. The van der Waals surface area contributed by atoms with Crippen LogP contribution in [0.1, 0.15) is 53.0 Å². The molecule has 0 amide bonds. The second-order valence-corrected chi connectivity index (χ2v) is 9.91. The molecule has 2 aromatic heterocycles. The van der Waals surface area contributed by atoms with Gasteiger partial charge in [-0.1, -0.05) is 79.7 Å². The maximum Gasteiger partial charge on any atom is 0.252 e. The number of fused-ring (bicyclic) bond motifs is 1. The Morgan fingerprint density at radius 2 is 1.63 bits per heavy atom. The van der Waals surface area contributed by atoms with E-state index in [-0.39, 0.29) is 11.6 Å². The molecule has 7 nitrogen and oxygen atoms in total. The average Bonchev–Trinajstić information content (AvgIpc) is 3.40. The number of benzene rings is 3. The highest BCUT2D eigenvalue weighted by atomic mass is 16.1. The first-order chi connectivity index (χ1) is 18.5. The van der Waals surface area contributed by atoms with Crippen molar-refractivity contribution in [1.29, 1.82) is 0 Å². The molecule has 0 radical (unpaired) electrons. The first kappa shape index (κ1) is 25.5. The summed E-state index contributed by atoms with van der Waals surface area (Å²) >= 11 is 0. The highest BCUT2D eigenvalue weighted by Crippen LogP contribution is 2.27. The molecule has 5 aromatic rings. The molecule has 0 aliphatic heterocycles. The summed E-state index contributed by atoms with van der Waals surface area (Å²) in [6.45, 7) is 8.12. The lowest BCUT2D eigenvalue weighted by Gasteiger charge is -2.30. The molecule has 38 heavy (non-hydrogen) atoms. The van der Waals surface area contributed by atoms with E-state index in [4.69, 9.17) is 0 Å². The Morgan fingerprint density at radius 1 is 0.921 bits per heavy atom. The van der Waals surface area contributed by atoms with E-state index in [0.717, 1.165) is 40.7 Å². The summed E-state index contributed by atoms with van der Waals surface area (Å²) in [5.74, 6) is 0.822. The second-order valence-electron chi connectivity index (χ2n) is 9.91. The fourth-order valence-electron chi connectivity index (χ4n) is 5.09. The van der Waals surface area contributed by atoms with E-state index in [2.05, 4.69) is 94.7 Å². The fraction of sp³-hybridized carbons (Fsp3) is 0.290. The Balaban J connectivity index is 1.48. The Kier molecular flexibility index (Phi) is 7.75. The SMILES string of the molecule is CC[C@H](c1nnnn1CCc1ccccc1)N(Cc1ccccc1)Cc1cc2ccc(C)c(C)c2[nH]c1=O. The summed E-state index contributed by atoms with van der Waals surface area (Å²) in [5, 5.41) is 13.9. The third-order valence-electron chi connectivity index (χ3n) is 7.37. The van der Waals surface area contributed by atoms with Gasteiger partial charge in [0, 0.05) is 25.2 Å². The molecule has 3 aromatic carbocycles. The van der Waals surface area contributed by atoms with Crippen molar-refractivity contribution in [2.24, 2.45) is 0 Å². The van der Waals surface area contributed by atoms with Crippen molar-refractivity contribution in [2.45, 2.75) is 59.3 Å². The molecule has 194 valence electrons. The average molecular weight is 507 g/mol. The summed E-state index contributed by atoms with van der Waals surface area (Å²) in [6.07, 6.45) is 1.65. The van der Waals surface area contributed by atoms with E-state index < -0.39 is 0 Å². The largest absolute Gasteiger partial charge is 0.321 e. The normalized spacial score (nSPS) is 12.3. The quantitative estimate of drug-likeness (QED) is 0.270. The van der Waals surface area contributed by atoms with Crippen LogP contribution in [0, 0.1) is 13.8 Å². The summed E-state index contributed by atoms with van der Waals surface area (Å²) in [5.41, 5.74) is 6.29. The van der Waals surface area contributed by atoms with Gasteiger partial charge in [-0.3, -0.25) is 9.69 Å². The number of H-pyrrole nitrogens is 1. The molecule has 0 fully saturated rings. The summed E-state index contributed by atoms with van der Waals surface area (Å²) < 4.78 is 1.91. The molecule has 2 heterocycles. The molecular weight excluding hydrogens is 472 g/mol. The predicted octanol–water partition coefficient (Wildman–Crippen LogP) is 5.53. The number of hydrogen-bond acceptors (Lipinski definition) is 5. The number of aryl methyl sites for hydroxylation is 4. The van der Waals surface area contributed by atoms with Crippen LogP contribution < -0.4 is 5.56 Å². The first-order valence-corrected chi connectivity index (χ1v) is 13.2. The molecule has 5 rings (SSSR count). The zero-order valence-corrected chi connectivity index (χ0v) is 22.3. The number of rotatable bonds is 10. The Hall–Kier alpha value is -4.10. The molecule has 0 aliphatic carbocycles. The lowest BCUT2D eigenvalue weighted by Crippen LogP contribution is -2.32. The van der Waals surface area contributed by atoms with Crippen LogP contribution in [0.3, 0.4) is 0 Å². The van der Waals surface area contributed by atoms with Gasteiger partial charge >= 0.3 is 0 Å². The molecule has 0 bridgehead atoms. The van der Waals surface area contributed by atoms with E-state index in [1.54, 1.807) is 0 Å². The molecule has 0 spiro atoms. The summed E-state index contributed by atoms with van der Waals surface area (Å²) in [6, 6.07) is 26.9. The van der Waals surface area contributed by atoms with Crippen LogP contribution in [0.5, 0.6) is 0 Å². The minimum Gasteiger partial charge on any atom is -0.321 e. The maximum absolute atomic E-state index is 13.3. The van der Waals surface area contributed by atoms with Crippen molar-refractivity contribution in [3.05, 3.63) is 123 Å². The van der Waals surface area contributed by atoms with Gasteiger partial charge in [0.05, 0.1) is 11.6 Å². The van der Waals surface area contributed by atoms with Crippen LogP contribution in [0.15, 0.2) is 83.7 Å². The lowest BCUT2D eigenvalue weighted by atomic mass is 10.0. The van der Waals surface area contributed by atoms with Crippen LogP contribution in [0.2, 0.25) is 0 Å². The minimum atomic E-state index is -0.0594. The number of pyridine rings is 1. The topological polar surface area (TPSA) is 79.7 Å². The molecule has 7 heteroatoms. The van der Waals surface area contributed by atoms with Crippen LogP contribution in [-0.2, 0) is 26.1 Å². The summed E-state index contributed by atoms with van der Waals surface area (Å²) in [4.78, 5) is 18.7. The molecular formula is C31H34N6O. The molecule has 1 atom stereocenters. The van der Waals surface area contributed by atoms with Gasteiger partial charge in [-0.25, -0.2) is 4.68 Å². The van der Waals surface area contributed by atoms with E-state index in [9.17, 15) is 4.79 Å². The second kappa shape index (κ2) is 11.5. The van der Waals surface area contributed by atoms with Crippen LogP contribution >= 0.6 is 0 Å². The van der Waals surface area contributed by atoms with E-state index in [0.29, 0.717) is 19.6 Å². The number of nitrogens with zero attached hydrogens (tertiary/aromatic N) is 5. The molecule has 1 N–H and O–H groups in total. The van der Waals surface area contributed by atoms with Gasteiger partial charge in [0.15, 0.2) is 5.82 Å². The van der Waals surface area contributed by atoms with Crippen molar-refractivity contribution >= 4 is 10.9 Å². The van der Waals surface area contributed by atoms with Gasteiger partial charge in [0.1, 0.15) is 0 Å². The highest BCUT2D eigenvalue weighted by molar-refractivity contribution is 5.83. The molecule has 0 unspecified atom stereocenters. The number of aromatic amines is 1. The van der Waals surface area contributed by atoms with Gasteiger partial charge in [0.2, 0.25) is 0 Å². The van der Waals surface area contributed by atoms with Crippen LogP contribution in [0.25, 0.3) is 10.9 Å². The van der Waals surface area contributed by atoms with Crippen molar-refractivity contribution in [3.63, 3.8) is 0 Å². The van der Waals surface area contributed by atoms with Gasteiger partial charge in [-0.2, -0.15) is 0 Å². The predicted molar refractivity (Wildman–Crippen MR) is 151 cm³/mol. The fourth-order valence-corrected chi connectivity index (χ4v) is 5.09. The van der Waals surface area contributed by atoms with Crippen molar-refractivity contribution in [1.82, 2.24) is 30.1 Å². The number of aromatic nitrogens is 5. The third-order valence-corrected chi connectivity index (χ3v) is 7.37. The maximum atomic E-state index is 13.3. The lowest BCUT2D eigenvalue weighted by molar-refractivity contribution is 0.160. The zero-order valence-electron chi connectivity index (χ0n) is 22.3. The Labute approximate surface area is 223 Å². The zero-order chi connectivity index (χ0) is 26.5. The van der Waals surface area contributed by atoms with E-state index >= 15 is 0 Å². The number of nitrogens with one attached hydrogen (secondary N) is 1. The summed E-state index contributed by atoms with van der Waals surface area (Å²) in [7, 11) is 0. The van der Waals surface area contributed by atoms with Gasteiger partial charge in [-0.15, -0.1) is 5.10 Å². The van der Waals surface area contributed by atoms with Crippen LogP contribution in [0.4, 0.5) is 0 Å². The van der Waals surface area contributed by atoms with Gasteiger partial charge in [0.25, 0.3) is 5.56 Å². The molecule has 0 saturated carbocycles. The highest BCUT2D eigenvalue weighted by Gasteiger charge is 2.26. The number of tetrazole rings is 1. The standard InChI is InChI=1S/C31H34N6O/c1-4-28(30-33-34-35-37(30)18-17-24-11-7-5-8-12-24)36(20-25-13-9-6-10-14-25)21-27-19-26-16-15-22(2)23(3)29(26)32-31(27)38/h5-16,19,28H,4,17-18,20-21H2,1-3H3,(H,32,38)/t28-/m1/s1. The third kappa shape index (κ3) is 5.58. The monoisotopic (exact) mass is 506 g/mol. The van der Waals surface area contributed by atoms with Gasteiger partial charge < -0.3 is 4.98 Å². The van der Waals surface area contributed by atoms with Crippen LogP contribution in [-0.4, -0.2) is 30.1 Å². The van der Waals surface area contributed by atoms with E-state index in [1.165, 1.54) is 16.7 Å².